The monoisotopic (exact) mass is 554 g/mol. The number of nitrogens with zero attached hydrogens (tertiary/aromatic N) is 6. The molecule has 5 heterocycles. The Balaban J connectivity index is 1.22. The Morgan fingerprint density at radius 1 is 1.14 bits per heavy atom. The van der Waals surface area contributed by atoms with Gasteiger partial charge < -0.3 is 14.2 Å². The van der Waals surface area contributed by atoms with Crippen molar-refractivity contribution >= 4 is 37.5 Å². The Labute approximate surface area is 213 Å². The normalized spacial score (nSPS) is 16.3. The molecule has 15 heteroatoms. The van der Waals surface area contributed by atoms with E-state index in [0.29, 0.717) is 52.7 Å². The molecule has 0 N–H and O–H groups in total. The number of ether oxygens (including phenoxy) is 1. The van der Waals surface area contributed by atoms with Gasteiger partial charge in [-0.1, -0.05) is 11.3 Å². The Hall–Kier alpha value is -3.33. The molecule has 0 amide bonds. The summed E-state index contributed by atoms with van der Waals surface area (Å²) in [5.74, 6) is -1.12. The highest BCUT2D eigenvalue weighted by Crippen LogP contribution is 2.33. The summed E-state index contributed by atoms with van der Waals surface area (Å²) in [5.41, 5.74) is 1.97. The molecule has 4 aromatic rings. The Morgan fingerprint density at radius 3 is 2.51 bits per heavy atom. The summed E-state index contributed by atoms with van der Waals surface area (Å²) in [5, 5.41) is 3.47. The van der Waals surface area contributed by atoms with E-state index in [1.807, 2.05) is 13.0 Å². The number of hydrogen-bond acceptors (Lipinski definition) is 11. The molecule has 0 spiro atoms. The fourth-order valence-electron chi connectivity index (χ4n) is 4.03. The van der Waals surface area contributed by atoms with Crippen LogP contribution in [-0.4, -0.2) is 59.0 Å². The maximum atomic E-state index is 12.7. The fraction of sp³-hybridized carbons (Fsp3) is 0.409. The predicted molar refractivity (Wildman–Crippen MR) is 128 cm³/mol. The molecule has 1 atom stereocenters. The van der Waals surface area contributed by atoms with Crippen LogP contribution in [0.15, 0.2) is 40.0 Å². The quantitative estimate of drug-likeness (QED) is 0.342. The number of halogens is 3. The minimum atomic E-state index is -4.64. The molecule has 1 fully saturated rings. The second-order valence-corrected chi connectivity index (χ2v) is 11.6. The van der Waals surface area contributed by atoms with Crippen molar-refractivity contribution in [3.8, 4) is 16.5 Å². The van der Waals surface area contributed by atoms with E-state index in [1.165, 1.54) is 23.6 Å². The average molecular weight is 555 g/mol. The highest BCUT2D eigenvalue weighted by Gasteiger charge is 2.38. The molecule has 0 bridgehead atoms. The van der Waals surface area contributed by atoms with E-state index in [9.17, 15) is 21.6 Å². The van der Waals surface area contributed by atoms with Crippen molar-refractivity contribution in [2.24, 2.45) is 5.92 Å². The Bertz CT molecular complexity index is 1510. The number of fused-ring (bicyclic) bond motifs is 1. The first-order chi connectivity index (χ1) is 17.5. The van der Waals surface area contributed by atoms with Gasteiger partial charge in [-0.05, 0) is 55.1 Å². The first-order valence-electron chi connectivity index (χ1n) is 11.2. The minimum Gasteiger partial charge on any atom is -0.467 e. The van der Waals surface area contributed by atoms with Crippen LogP contribution >= 0.6 is 11.3 Å². The molecule has 10 nitrogen and oxygen atoms in total. The SMILES string of the molecule is C[C@H](Oc1nc2ccc(-c3ccc(S(C)(=O)=O)nc3)nc2s1)C1CCN(c2nc(C(F)(F)F)no2)CC1. The Morgan fingerprint density at radius 2 is 1.89 bits per heavy atom. The smallest absolute Gasteiger partial charge is 0.455 e. The molecule has 0 saturated carbocycles. The van der Waals surface area contributed by atoms with E-state index in [4.69, 9.17) is 9.26 Å². The zero-order chi connectivity index (χ0) is 26.4. The zero-order valence-electron chi connectivity index (χ0n) is 19.6. The number of sulfone groups is 1. The van der Waals surface area contributed by atoms with Gasteiger partial charge in [0.15, 0.2) is 14.9 Å². The van der Waals surface area contributed by atoms with Gasteiger partial charge in [0, 0.05) is 31.1 Å². The van der Waals surface area contributed by atoms with E-state index in [2.05, 4.69) is 25.1 Å². The molecular weight excluding hydrogens is 533 g/mol. The van der Waals surface area contributed by atoms with E-state index in [1.54, 1.807) is 17.0 Å². The second-order valence-electron chi connectivity index (χ2n) is 8.70. The van der Waals surface area contributed by atoms with Crippen LogP contribution in [0.2, 0.25) is 0 Å². The van der Waals surface area contributed by atoms with Crippen LogP contribution in [0.1, 0.15) is 25.6 Å². The summed E-state index contributed by atoms with van der Waals surface area (Å²) in [6.45, 7) is 2.87. The van der Waals surface area contributed by atoms with Crippen molar-refractivity contribution in [1.82, 2.24) is 25.1 Å². The number of rotatable bonds is 6. The van der Waals surface area contributed by atoms with Crippen molar-refractivity contribution in [1.29, 1.82) is 0 Å². The zero-order valence-corrected chi connectivity index (χ0v) is 21.3. The summed E-state index contributed by atoms with van der Waals surface area (Å²) in [6.07, 6.45) is -0.902. The van der Waals surface area contributed by atoms with Crippen LogP contribution < -0.4 is 9.64 Å². The van der Waals surface area contributed by atoms with Crippen LogP contribution in [-0.2, 0) is 16.0 Å². The van der Waals surface area contributed by atoms with Gasteiger partial charge in [-0.15, -0.1) is 0 Å². The van der Waals surface area contributed by atoms with Gasteiger partial charge >= 0.3 is 12.2 Å². The maximum absolute atomic E-state index is 12.7. The van der Waals surface area contributed by atoms with Crippen LogP contribution in [0.4, 0.5) is 19.2 Å². The van der Waals surface area contributed by atoms with Crippen molar-refractivity contribution < 1.29 is 30.8 Å². The van der Waals surface area contributed by atoms with E-state index >= 15 is 0 Å². The third-order valence-corrected chi connectivity index (χ3v) is 7.93. The molecule has 0 aliphatic carbocycles. The second kappa shape index (κ2) is 9.52. The van der Waals surface area contributed by atoms with Gasteiger partial charge in [0.05, 0.1) is 5.69 Å². The van der Waals surface area contributed by atoms with Gasteiger partial charge in [-0.25, -0.2) is 23.4 Å². The van der Waals surface area contributed by atoms with Crippen molar-refractivity contribution in [3.63, 3.8) is 0 Å². The van der Waals surface area contributed by atoms with Gasteiger partial charge in [0.1, 0.15) is 16.5 Å². The van der Waals surface area contributed by atoms with Crippen LogP contribution in [0.3, 0.4) is 0 Å². The number of alkyl halides is 3. The molecule has 4 aromatic heterocycles. The van der Waals surface area contributed by atoms with Gasteiger partial charge in [-0.2, -0.15) is 18.2 Å². The van der Waals surface area contributed by atoms with E-state index in [-0.39, 0.29) is 23.1 Å². The lowest BCUT2D eigenvalue weighted by Crippen LogP contribution is -2.38. The number of hydrogen-bond donors (Lipinski definition) is 0. The summed E-state index contributed by atoms with van der Waals surface area (Å²) in [7, 11) is -3.39. The molecule has 196 valence electrons. The lowest BCUT2D eigenvalue weighted by molar-refractivity contribution is -0.146. The van der Waals surface area contributed by atoms with Crippen LogP contribution in [0.25, 0.3) is 21.6 Å². The summed E-state index contributed by atoms with van der Waals surface area (Å²) < 4.78 is 72.3. The topological polar surface area (TPSA) is 124 Å². The molecule has 0 aromatic carbocycles. The van der Waals surface area contributed by atoms with Crippen LogP contribution in [0.5, 0.6) is 5.19 Å². The standard InChI is InChI=1S/C22H21F3N6O4S2/c1-12(13-7-9-31(10-8-13)20-29-19(30-35-20)22(23,24)25)34-21-28-16-5-4-15(27-18(16)36-21)14-3-6-17(26-11-14)37(2,32)33/h3-6,11-13H,7-10H2,1-2H3/t12-/m0/s1. The molecule has 37 heavy (non-hydrogen) atoms. The summed E-state index contributed by atoms with van der Waals surface area (Å²) >= 11 is 1.30. The Kier molecular flexibility index (Phi) is 6.52. The lowest BCUT2D eigenvalue weighted by Gasteiger charge is -2.33. The van der Waals surface area contributed by atoms with Gasteiger partial charge in [0.25, 0.3) is 11.0 Å². The largest absolute Gasteiger partial charge is 0.467 e. The summed E-state index contributed by atoms with van der Waals surface area (Å²) in [4.78, 5) is 18.9. The molecule has 0 unspecified atom stereocenters. The van der Waals surface area contributed by atoms with Gasteiger partial charge in [-0.3, -0.25) is 0 Å². The molecule has 1 aliphatic rings. The van der Waals surface area contributed by atoms with E-state index in [0.717, 1.165) is 6.26 Å². The summed E-state index contributed by atoms with van der Waals surface area (Å²) in [6, 6.07) is 6.56. The van der Waals surface area contributed by atoms with E-state index < -0.39 is 21.8 Å². The number of aromatic nitrogens is 5. The first-order valence-corrected chi connectivity index (χ1v) is 13.9. The average Bonchev–Trinajstić information content (AvgIpc) is 3.50. The van der Waals surface area contributed by atoms with Gasteiger partial charge in [0.2, 0.25) is 0 Å². The van der Waals surface area contributed by atoms with Crippen molar-refractivity contribution in [2.75, 3.05) is 24.2 Å². The molecule has 1 aliphatic heterocycles. The molecule has 1 saturated heterocycles. The van der Waals surface area contributed by atoms with Crippen LogP contribution in [0, 0.1) is 5.92 Å². The molecule has 5 rings (SSSR count). The lowest BCUT2D eigenvalue weighted by atomic mass is 9.92. The number of piperidine rings is 1. The third-order valence-electron chi connectivity index (χ3n) is 6.08. The van der Waals surface area contributed by atoms with Crippen molar-refractivity contribution in [2.45, 2.75) is 37.1 Å². The highest BCUT2D eigenvalue weighted by atomic mass is 32.2. The van der Waals surface area contributed by atoms with Crippen molar-refractivity contribution in [3.05, 3.63) is 36.3 Å². The minimum absolute atomic E-state index is 0.00577. The first kappa shape index (κ1) is 25.3. The molecular formula is C22H21F3N6O4S2. The number of thiazole rings is 1. The fourth-order valence-corrected chi connectivity index (χ4v) is 5.46. The third kappa shape index (κ3) is 5.51. The number of pyridine rings is 2. The highest BCUT2D eigenvalue weighted by molar-refractivity contribution is 7.90. The predicted octanol–water partition coefficient (Wildman–Crippen LogP) is 4.24. The molecule has 0 radical (unpaired) electrons. The number of anilines is 1. The maximum Gasteiger partial charge on any atom is 0.455 e.